The molecule has 0 saturated heterocycles. The molecular weight excluding hydrogens is 226 g/mol. The number of hydrogen-bond acceptors (Lipinski definition) is 3. The first-order valence-corrected chi connectivity index (χ1v) is 6.00. The van der Waals surface area contributed by atoms with E-state index in [0.29, 0.717) is 0 Å². The highest BCUT2D eigenvalue weighted by Crippen LogP contribution is 2.14. The molecule has 0 aromatic heterocycles. The average molecular weight is 245 g/mol. The molecule has 1 N–H and O–H groups in total. The second-order valence-electron chi connectivity index (χ2n) is 3.87. The summed E-state index contributed by atoms with van der Waals surface area (Å²) in [5.74, 6) is -0.263. The maximum atomic E-state index is 11.7. The minimum atomic E-state index is -0.399. The molecule has 3 heteroatoms. The van der Waals surface area contributed by atoms with Crippen molar-refractivity contribution in [1.82, 2.24) is 5.32 Å². The van der Waals surface area contributed by atoms with E-state index >= 15 is 0 Å². The van der Waals surface area contributed by atoms with Crippen molar-refractivity contribution < 1.29 is 9.53 Å². The van der Waals surface area contributed by atoms with Crippen LogP contribution in [0, 0.1) is 0 Å². The van der Waals surface area contributed by atoms with Gasteiger partial charge in [0.25, 0.3) is 0 Å². The molecule has 0 aliphatic heterocycles. The molecule has 3 nitrogen and oxygen atoms in total. The van der Waals surface area contributed by atoms with Crippen LogP contribution in [0.15, 0.2) is 48.7 Å². The summed E-state index contributed by atoms with van der Waals surface area (Å²) in [7, 11) is 1.40. The maximum absolute atomic E-state index is 11.7. The highest BCUT2D eigenvalue weighted by molar-refractivity contribution is 5.77. The van der Waals surface area contributed by atoms with E-state index in [4.69, 9.17) is 4.74 Å². The third-order valence-electron chi connectivity index (χ3n) is 2.59. The Morgan fingerprint density at radius 2 is 2.22 bits per heavy atom. The lowest BCUT2D eigenvalue weighted by Crippen LogP contribution is -2.30. The monoisotopic (exact) mass is 245 g/mol. The number of rotatable bonds is 7. The zero-order chi connectivity index (χ0) is 13.2. The molecule has 0 radical (unpaired) electrons. The van der Waals surface area contributed by atoms with Crippen LogP contribution in [-0.2, 0) is 9.53 Å². The minimum absolute atomic E-state index is 0.263. The summed E-state index contributed by atoms with van der Waals surface area (Å²) in [6, 6.07) is 9.17. The van der Waals surface area contributed by atoms with Crippen LogP contribution < -0.4 is 5.32 Å². The number of unbranched alkanes of at least 4 members (excludes halogenated alkanes) is 1. The Balaban J connectivity index is 2.57. The van der Waals surface area contributed by atoms with Crippen molar-refractivity contribution in [3.8, 4) is 0 Å². The van der Waals surface area contributed by atoms with Crippen molar-refractivity contribution in [3.05, 3.63) is 54.3 Å². The highest BCUT2D eigenvalue weighted by atomic mass is 16.5. The van der Waals surface area contributed by atoms with E-state index in [-0.39, 0.29) is 5.97 Å². The van der Waals surface area contributed by atoms with Gasteiger partial charge in [0.2, 0.25) is 0 Å². The lowest BCUT2D eigenvalue weighted by Gasteiger charge is -2.16. The summed E-state index contributed by atoms with van der Waals surface area (Å²) in [6.07, 6.45) is 3.72. The van der Waals surface area contributed by atoms with Gasteiger partial charge in [-0.1, -0.05) is 36.9 Å². The number of esters is 1. The molecule has 1 aromatic rings. The van der Waals surface area contributed by atoms with Gasteiger partial charge in [-0.2, -0.15) is 0 Å². The predicted octanol–water partition coefficient (Wildman–Crippen LogP) is 2.61. The quantitative estimate of drug-likeness (QED) is 0.456. The third kappa shape index (κ3) is 4.58. The predicted molar refractivity (Wildman–Crippen MR) is 72.1 cm³/mol. The van der Waals surface area contributed by atoms with E-state index in [1.165, 1.54) is 7.11 Å². The van der Waals surface area contributed by atoms with E-state index in [1.54, 1.807) is 0 Å². The molecule has 0 aliphatic rings. The van der Waals surface area contributed by atoms with Crippen molar-refractivity contribution in [1.29, 1.82) is 0 Å². The molecular formula is C15H19NO2. The van der Waals surface area contributed by atoms with Crippen molar-refractivity contribution in [3.63, 3.8) is 0 Å². The first-order chi connectivity index (χ1) is 8.79. The topological polar surface area (TPSA) is 38.3 Å². The Morgan fingerprint density at radius 1 is 1.50 bits per heavy atom. The first-order valence-electron chi connectivity index (χ1n) is 6.00. The molecule has 0 aliphatic carbocycles. The van der Waals surface area contributed by atoms with Gasteiger partial charge in [0, 0.05) is 0 Å². The van der Waals surface area contributed by atoms with Crippen LogP contribution in [0.1, 0.15) is 24.4 Å². The summed E-state index contributed by atoms with van der Waals surface area (Å²) < 4.78 is 4.81. The fourth-order valence-corrected chi connectivity index (χ4v) is 1.65. The van der Waals surface area contributed by atoms with Gasteiger partial charge in [0.15, 0.2) is 0 Å². The zero-order valence-corrected chi connectivity index (χ0v) is 10.7. The van der Waals surface area contributed by atoms with E-state index in [9.17, 15) is 4.79 Å². The smallest absolute Gasteiger partial charge is 0.327 e. The summed E-state index contributed by atoms with van der Waals surface area (Å²) in [4.78, 5) is 11.7. The largest absolute Gasteiger partial charge is 0.468 e. The Bertz CT molecular complexity index is 408. The van der Waals surface area contributed by atoms with Gasteiger partial charge in [0.05, 0.1) is 7.11 Å². The summed E-state index contributed by atoms with van der Waals surface area (Å²) in [5, 5.41) is 3.20. The molecule has 0 saturated carbocycles. The Labute approximate surface area is 108 Å². The molecule has 0 fully saturated rings. The van der Waals surface area contributed by atoms with Crippen LogP contribution in [-0.4, -0.2) is 19.6 Å². The van der Waals surface area contributed by atoms with E-state index < -0.39 is 6.04 Å². The number of carbonyl (C=O) groups is 1. The summed E-state index contributed by atoms with van der Waals surface area (Å²) in [6.45, 7) is 4.25. The molecule has 0 heterocycles. The average Bonchev–Trinajstić information content (AvgIpc) is 2.43. The lowest BCUT2D eigenvalue weighted by atomic mass is 10.1. The number of allylic oxidation sites excluding steroid dienone is 1. The van der Waals surface area contributed by atoms with E-state index in [2.05, 4.69) is 17.6 Å². The van der Waals surface area contributed by atoms with Crippen molar-refractivity contribution in [2.45, 2.75) is 18.9 Å². The van der Waals surface area contributed by atoms with E-state index in [0.717, 1.165) is 24.9 Å². The van der Waals surface area contributed by atoms with Gasteiger partial charge in [-0.05, 0) is 31.0 Å². The summed E-state index contributed by atoms with van der Waals surface area (Å²) >= 11 is 0. The molecule has 0 unspecified atom stereocenters. The molecule has 0 amide bonds. The van der Waals surface area contributed by atoms with Crippen LogP contribution in [0.3, 0.4) is 0 Å². The maximum Gasteiger partial charge on any atom is 0.327 e. The lowest BCUT2D eigenvalue weighted by molar-refractivity contribution is -0.143. The molecule has 1 atom stereocenters. The highest BCUT2D eigenvalue weighted by Gasteiger charge is 2.19. The van der Waals surface area contributed by atoms with Gasteiger partial charge < -0.3 is 10.1 Å². The van der Waals surface area contributed by atoms with Gasteiger partial charge in [-0.3, -0.25) is 0 Å². The Morgan fingerprint density at radius 3 is 2.83 bits per heavy atom. The van der Waals surface area contributed by atoms with Crippen molar-refractivity contribution >= 4 is 5.97 Å². The number of benzene rings is 1. The van der Waals surface area contributed by atoms with Crippen LogP contribution >= 0.6 is 0 Å². The second kappa shape index (κ2) is 8.29. The molecule has 1 aromatic carbocycles. The fourth-order valence-electron chi connectivity index (χ4n) is 1.65. The molecule has 96 valence electrons. The normalized spacial score (nSPS) is 11.4. The van der Waals surface area contributed by atoms with Crippen molar-refractivity contribution in [2.24, 2.45) is 0 Å². The van der Waals surface area contributed by atoms with Gasteiger partial charge >= 0.3 is 5.97 Å². The van der Waals surface area contributed by atoms with Crippen LogP contribution in [0.2, 0.25) is 0 Å². The van der Waals surface area contributed by atoms with E-state index in [1.807, 2.05) is 36.4 Å². The number of hydrogen-bond donors (Lipinski definition) is 1. The summed E-state index contributed by atoms with van der Waals surface area (Å²) in [5.41, 5.74) is 3.65. The molecule has 0 spiro atoms. The SMILES string of the molecule is C=C=CCCCN[C@@H](C(=O)OC)c1ccccc1. The Kier molecular flexibility index (Phi) is 6.55. The van der Waals surface area contributed by atoms with Gasteiger partial charge in [0.1, 0.15) is 6.04 Å². The van der Waals surface area contributed by atoms with Crippen LogP contribution in [0.4, 0.5) is 0 Å². The van der Waals surface area contributed by atoms with Crippen LogP contribution in [0.25, 0.3) is 0 Å². The second-order valence-corrected chi connectivity index (χ2v) is 3.87. The Hall–Kier alpha value is -1.83. The minimum Gasteiger partial charge on any atom is -0.468 e. The number of carbonyl (C=O) groups excluding carboxylic acids is 1. The first kappa shape index (κ1) is 14.2. The number of nitrogens with one attached hydrogen (secondary N) is 1. The number of ether oxygens (including phenoxy) is 1. The van der Waals surface area contributed by atoms with Crippen LogP contribution in [0.5, 0.6) is 0 Å². The van der Waals surface area contributed by atoms with Gasteiger partial charge in [-0.25, -0.2) is 4.79 Å². The zero-order valence-electron chi connectivity index (χ0n) is 10.7. The standard InChI is InChI=1S/C15H19NO2/c1-3-4-5-9-12-16-14(15(17)18-2)13-10-7-6-8-11-13/h4,6-8,10-11,14,16H,1,5,9,12H2,2H3/t14-/m1/s1. The third-order valence-corrected chi connectivity index (χ3v) is 2.59. The van der Waals surface area contributed by atoms with Gasteiger partial charge in [-0.15, -0.1) is 5.73 Å². The molecule has 0 bridgehead atoms. The molecule has 18 heavy (non-hydrogen) atoms. The fraction of sp³-hybridized carbons (Fsp3) is 0.333. The van der Waals surface area contributed by atoms with Crippen molar-refractivity contribution in [2.75, 3.05) is 13.7 Å². The number of methoxy groups -OCH3 is 1. The molecule has 1 rings (SSSR count).